The second kappa shape index (κ2) is 17.0. The van der Waals surface area contributed by atoms with E-state index in [1.165, 1.54) is 0 Å². The molecule has 4 aromatic rings. The summed E-state index contributed by atoms with van der Waals surface area (Å²) < 4.78 is 6.59. The number of aromatic nitrogens is 2. The van der Waals surface area contributed by atoms with Gasteiger partial charge in [-0.2, -0.15) is 0 Å². The maximum atomic E-state index is 13.8. The highest BCUT2D eigenvalue weighted by Gasteiger charge is 2.41. The monoisotopic (exact) mass is 828 g/mol. The van der Waals surface area contributed by atoms with Crippen molar-refractivity contribution >= 4 is 46.4 Å². The van der Waals surface area contributed by atoms with Crippen LogP contribution in [0.25, 0.3) is 11.3 Å². The van der Waals surface area contributed by atoms with Gasteiger partial charge in [-0.05, 0) is 80.6 Å². The first-order chi connectivity index (χ1) is 29.6. The quantitative estimate of drug-likeness (QED) is 0.192. The number of likely N-dealkylation sites (N-methyl/N-ethyl adjacent to an activating group) is 1. The first-order valence-electron chi connectivity index (χ1n) is 21.7. The predicted molar refractivity (Wildman–Crippen MR) is 236 cm³/mol. The molecule has 61 heavy (non-hydrogen) atoms. The summed E-state index contributed by atoms with van der Waals surface area (Å²) in [4.78, 5) is 51.0. The molecule has 5 aliphatic heterocycles. The van der Waals surface area contributed by atoms with E-state index in [1.54, 1.807) is 12.1 Å². The van der Waals surface area contributed by atoms with E-state index in [-0.39, 0.29) is 41.8 Å². The SMILES string of the molecule is CN(C(=O)N1CCC(Oc2cccc(N3[C@@H]4CC[C@H]3CN(c3cc(-c5ccccc5O)nnc3N)C4)c2)CC1)C1CCN(c2cccc(N(C)[C@@H]3CCC(=O)NC3=O)c2)CC1. The van der Waals surface area contributed by atoms with Crippen LogP contribution >= 0.6 is 0 Å². The van der Waals surface area contributed by atoms with Crippen molar-refractivity contribution < 1.29 is 24.2 Å². The number of likely N-dealkylation sites (tertiary alicyclic amines) is 1. The molecule has 5 fully saturated rings. The fraction of sp³-hybridized carbons (Fsp3) is 0.457. The third-order valence-electron chi connectivity index (χ3n) is 13.5. The molecule has 3 aromatic carbocycles. The molecule has 2 bridgehead atoms. The van der Waals surface area contributed by atoms with E-state index in [2.05, 4.69) is 60.5 Å². The molecule has 320 valence electrons. The van der Waals surface area contributed by atoms with Crippen LogP contribution < -0.4 is 35.4 Å². The van der Waals surface area contributed by atoms with Crippen LogP contribution in [0.3, 0.4) is 0 Å². The van der Waals surface area contributed by atoms with Gasteiger partial charge in [0.2, 0.25) is 11.8 Å². The lowest BCUT2D eigenvalue weighted by Gasteiger charge is -2.43. The molecule has 15 nitrogen and oxygen atoms in total. The Morgan fingerprint density at radius 1 is 0.803 bits per heavy atom. The smallest absolute Gasteiger partial charge is 0.319 e. The van der Waals surface area contributed by atoms with Crippen LogP contribution in [0.5, 0.6) is 11.5 Å². The number of phenolic OH excluding ortho intramolecular Hbond substituents is 1. The molecule has 0 radical (unpaired) electrons. The minimum Gasteiger partial charge on any atom is -0.507 e. The molecule has 0 aliphatic carbocycles. The second-order valence-electron chi connectivity index (χ2n) is 17.2. The van der Waals surface area contributed by atoms with E-state index in [9.17, 15) is 19.5 Å². The minimum absolute atomic E-state index is 0.0339. The molecule has 0 saturated carbocycles. The third-order valence-corrected chi connectivity index (χ3v) is 13.5. The molecule has 4 amide bonds. The summed E-state index contributed by atoms with van der Waals surface area (Å²) in [7, 11) is 3.85. The maximum absolute atomic E-state index is 13.8. The highest BCUT2D eigenvalue weighted by atomic mass is 16.5. The number of nitrogens with zero attached hydrogens (tertiary/aromatic N) is 8. The van der Waals surface area contributed by atoms with Crippen molar-refractivity contribution in [1.82, 2.24) is 25.3 Å². The lowest BCUT2D eigenvalue weighted by molar-refractivity contribution is -0.134. The molecule has 5 saturated heterocycles. The predicted octanol–water partition coefficient (Wildman–Crippen LogP) is 5.09. The number of nitrogens with one attached hydrogen (secondary N) is 1. The zero-order valence-corrected chi connectivity index (χ0v) is 35.0. The number of para-hydroxylation sites is 1. The topological polar surface area (TPSA) is 164 Å². The molecule has 15 heteroatoms. The molecule has 5 aliphatic rings. The van der Waals surface area contributed by atoms with Crippen LogP contribution in [0, 0.1) is 0 Å². The van der Waals surface area contributed by atoms with Gasteiger partial charge in [-0.3, -0.25) is 14.9 Å². The number of urea groups is 1. The van der Waals surface area contributed by atoms with Crippen molar-refractivity contribution in [2.24, 2.45) is 0 Å². The number of anilines is 5. The van der Waals surface area contributed by atoms with Gasteiger partial charge in [-0.15, -0.1) is 10.2 Å². The molecule has 1 aromatic heterocycles. The number of imide groups is 1. The number of piperazine rings is 1. The van der Waals surface area contributed by atoms with Gasteiger partial charge in [-0.1, -0.05) is 24.3 Å². The van der Waals surface area contributed by atoms with Gasteiger partial charge in [0, 0.05) is 119 Å². The van der Waals surface area contributed by atoms with Crippen molar-refractivity contribution in [2.45, 2.75) is 81.6 Å². The fourth-order valence-corrected chi connectivity index (χ4v) is 10.1. The van der Waals surface area contributed by atoms with Gasteiger partial charge in [0.25, 0.3) is 0 Å². The molecule has 9 rings (SSSR count). The Hall–Kier alpha value is -6.25. The normalized spacial score (nSPS) is 22.3. The van der Waals surface area contributed by atoms with Gasteiger partial charge < -0.3 is 45.0 Å². The lowest BCUT2D eigenvalue weighted by atomic mass is 10.0. The van der Waals surface area contributed by atoms with Crippen molar-refractivity contribution in [3.63, 3.8) is 0 Å². The van der Waals surface area contributed by atoms with Gasteiger partial charge in [0.15, 0.2) is 5.82 Å². The van der Waals surface area contributed by atoms with Crippen LogP contribution in [-0.4, -0.2) is 127 Å². The minimum atomic E-state index is -0.373. The Morgan fingerprint density at radius 3 is 2.26 bits per heavy atom. The number of carbonyl (C=O) groups is 3. The zero-order chi connectivity index (χ0) is 42.2. The second-order valence-corrected chi connectivity index (χ2v) is 17.2. The number of ether oxygens (including phenoxy) is 1. The number of nitrogens with two attached hydrogens (primary N) is 1. The number of amides is 4. The number of fused-ring (bicyclic) bond motifs is 2. The summed E-state index contributed by atoms with van der Waals surface area (Å²) in [6.45, 7) is 4.58. The highest BCUT2D eigenvalue weighted by Crippen LogP contribution is 2.40. The number of hydrogen-bond acceptors (Lipinski definition) is 12. The Morgan fingerprint density at radius 2 is 1.52 bits per heavy atom. The van der Waals surface area contributed by atoms with Crippen molar-refractivity contribution in [2.75, 3.05) is 78.7 Å². The number of aromatic hydroxyl groups is 1. The summed E-state index contributed by atoms with van der Waals surface area (Å²) in [5.41, 5.74) is 11.7. The molecule has 6 heterocycles. The molecule has 3 atom stereocenters. The Balaban J connectivity index is 0.754. The average Bonchev–Trinajstić information content (AvgIpc) is 3.55. The molecular weight excluding hydrogens is 773 g/mol. The standard InChI is InChI=1S/C46H56N10O5/c1-51(40-15-16-43(58)48-45(40)59)31-7-5-8-32(25-31)53-21-17-30(18-22-53)52(2)46(60)54-23-19-36(20-24-54)61-37-10-6-9-33(26-37)56-34-13-14-35(56)29-55(28-34)41-27-39(49-50-44(41)47)38-11-3-4-12-42(38)57/h3-12,25-27,30,34-36,40,57H,13-24,28-29H2,1-2H3,(H2,47,50)(H,48,58,59)/t34-,35+,40-/m1/s1. The third kappa shape index (κ3) is 8.29. The molecule has 4 N–H and O–H groups in total. The maximum Gasteiger partial charge on any atom is 0.319 e. The Labute approximate surface area is 357 Å². The van der Waals surface area contributed by atoms with Gasteiger partial charge in [-0.25, -0.2) is 4.79 Å². The van der Waals surface area contributed by atoms with E-state index < -0.39 is 0 Å². The van der Waals surface area contributed by atoms with E-state index in [0.29, 0.717) is 55.1 Å². The largest absolute Gasteiger partial charge is 0.507 e. The summed E-state index contributed by atoms with van der Waals surface area (Å²) >= 11 is 0. The first kappa shape index (κ1) is 40.2. The van der Waals surface area contributed by atoms with E-state index in [0.717, 1.165) is 93.2 Å². The number of hydrogen-bond donors (Lipinski definition) is 3. The molecular formula is C46H56N10O5. The number of phenols is 1. The fourth-order valence-electron chi connectivity index (χ4n) is 10.1. The van der Waals surface area contributed by atoms with Gasteiger partial charge >= 0.3 is 6.03 Å². The molecule has 0 spiro atoms. The van der Waals surface area contributed by atoms with Crippen LogP contribution in [0.1, 0.15) is 51.4 Å². The lowest BCUT2D eigenvalue weighted by Crippen LogP contribution is -2.54. The number of nitrogen functional groups attached to an aromatic ring is 1. The molecule has 0 unspecified atom stereocenters. The van der Waals surface area contributed by atoms with Crippen molar-refractivity contribution in [1.29, 1.82) is 0 Å². The summed E-state index contributed by atoms with van der Waals surface area (Å²) in [5, 5.41) is 21.4. The zero-order valence-electron chi connectivity index (χ0n) is 35.0. The van der Waals surface area contributed by atoms with Gasteiger partial charge in [0.1, 0.15) is 23.6 Å². The van der Waals surface area contributed by atoms with E-state index in [4.69, 9.17) is 10.5 Å². The van der Waals surface area contributed by atoms with Crippen LogP contribution in [0.2, 0.25) is 0 Å². The van der Waals surface area contributed by atoms with E-state index >= 15 is 0 Å². The van der Waals surface area contributed by atoms with Crippen molar-refractivity contribution in [3.8, 4) is 22.8 Å². The van der Waals surface area contributed by atoms with Crippen molar-refractivity contribution in [3.05, 3.63) is 78.9 Å². The number of benzene rings is 3. The van der Waals surface area contributed by atoms with Crippen LogP contribution in [0.4, 0.5) is 33.4 Å². The Bertz CT molecular complexity index is 2250. The van der Waals surface area contributed by atoms with E-state index in [1.807, 2.05) is 65.2 Å². The number of carbonyl (C=O) groups excluding carboxylic acids is 3. The average molecular weight is 829 g/mol. The Kier molecular flexibility index (Phi) is 11.2. The number of rotatable bonds is 9. The highest BCUT2D eigenvalue weighted by molar-refractivity contribution is 6.01. The van der Waals surface area contributed by atoms with Gasteiger partial charge in [0.05, 0.1) is 11.4 Å². The first-order valence-corrected chi connectivity index (χ1v) is 21.7. The summed E-state index contributed by atoms with van der Waals surface area (Å²) in [5.74, 6) is 0.949. The van der Waals surface area contributed by atoms with Crippen LogP contribution in [-0.2, 0) is 9.59 Å². The summed E-state index contributed by atoms with van der Waals surface area (Å²) in [6, 6.07) is 26.3. The number of piperidine rings is 3. The van der Waals surface area contributed by atoms with Crippen LogP contribution in [0.15, 0.2) is 78.9 Å². The summed E-state index contributed by atoms with van der Waals surface area (Å²) in [6.07, 6.45) is 6.35.